The number of benzene rings is 1. The highest BCUT2D eigenvalue weighted by Gasteiger charge is 2.35. The Morgan fingerprint density at radius 2 is 1.33 bits per heavy atom. The third-order valence-corrected chi connectivity index (χ3v) is 5.25. The number of carbonyl (C=O) groups is 3. The first-order chi connectivity index (χ1) is 9.59. The van der Waals surface area contributed by atoms with Gasteiger partial charge in [-0.1, -0.05) is 26.0 Å². The second-order valence-electron chi connectivity index (χ2n) is 5.19. The predicted molar refractivity (Wildman–Crippen MR) is 77.9 cm³/mol. The summed E-state index contributed by atoms with van der Waals surface area (Å²) in [5, 5.41) is -1.69. The van der Waals surface area contributed by atoms with Gasteiger partial charge in [0.2, 0.25) is 0 Å². The smallest absolute Gasteiger partial charge is 0.195 e. The molecule has 0 aliphatic rings. The zero-order valence-corrected chi connectivity index (χ0v) is 13.2. The van der Waals surface area contributed by atoms with Crippen LogP contribution in [0.25, 0.3) is 0 Å². The van der Waals surface area contributed by atoms with E-state index in [2.05, 4.69) is 0 Å². The van der Waals surface area contributed by atoms with Crippen molar-refractivity contribution in [2.45, 2.75) is 37.8 Å². The first-order valence-corrected chi connectivity index (χ1v) is 8.02. The molecule has 0 saturated carbocycles. The lowest BCUT2D eigenvalue weighted by Crippen LogP contribution is -2.35. The highest BCUT2D eigenvalue weighted by Crippen LogP contribution is 2.19. The van der Waals surface area contributed by atoms with Crippen LogP contribution in [0.1, 0.15) is 38.1 Å². The van der Waals surface area contributed by atoms with Crippen LogP contribution in [-0.2, 0) is 19.4 Å². The molecule has 0 aromatic heterocycles. The van der Waals surface area contributed by atoms with Crippen molar-refractivity contribution < 1.29 is 22.8 Å². The Kier molecular flexibility index (Phi) is 5.17. The monoisotopic (exact) mass is 310 g/mol. The van der Waals surface area contributed by atoms with Gasteiger partial charge in [-0.2, -0.15) is 0 Å². The van der Waals surface area contributed by atoms with Crippen LogP contribution in [0.5, 0.6) is 0 Å². The van der Waals surface area contributed by atoms with Crippen molar-refractivity contribution in [1.29, 1.82) is 0 Å². The molecule has 0 bridgehead atoms. The first kappa shape index (κ1) is 17.2. The fourth-order valence-corrected chi connectivity index (χ4v) is 3.66. The molecule has 5 nitrogen and oxygen atoms in total. The van der Waals surface area contributed by atoms with Crippen molar-refractivity contribution in [3.63, 3.8) is 0 Å². The summed E-state index contributed by atoms with van der Waals surface area (Å²) in [6.45, 7) is 5.63. The molecule has 0 N–H and O–H groups in total. The topological polar surface area (TPSA) is 85.3 Å². The van der Waals surface area contributed by atoms with E-state index in [1.165, 1.54) is 24.3 Å². The number of ketones is 3. The summed E-state index contributed by atoms with van der Waals surface area (Å²) in [5.41, 5.74) is 0.395. The number of carbonyl (C=O) groups excluding carboxylic acids is 3. The summed E-state index contributed by atoms with van der Waals surface area (Å²) in [7, 11) is -4.07. The molecule has 0 amide bonds. The Labute approximate surface area is 124 Å². The molecule has 0 aliphatic heterocycles. The number of hydrogen-bond donors (Lipinski definition) is 0. The van der Waals surface area contributed by atoms with Crippen LogP contribution in [-0.4, -0.2) is 31.0 Å². The molecule has 6 heteroatoms. The maximum Gasteiger partial charge on any atom is 0.195 e. The van der Waals surface area contributed by atoms with E-state index in [0.29, 0.717) is 5.56 Å². The first-order valence-electron chi connectivity index (χ1n) is 6.48. The van der Waals surface area contributed by atoms with Crippen LogP contribution in [0.3, 0.4) is 0 Å². The van der Waals surface area contributed by atoms with Gasteiger partial charge in [0, 0.05) is 11.5 Å². The second kappa shape index (κ2) is 6.30. The molecule has 0 atom stereocenters. The SMILES string of the molecule is CC(=O)C(C(C)=O)S(=O)(=O)c1ccc(C(=O)C(C)C)cc1. The standard InChI is InChI=1S/C15H18O5S/c1-9(2)14(18)12-5-7-13(8-6-12)21(19,20)15(10(3)16)11(4)17/h5-9,15H,1-4H3. The number of sulfone groups is 1. The van der Waals surface area contributed by atoms with E-state index in [1.807, 2.05) is 0 Å². The summed E-state index contributed by atoms with van der Waals surface area (Å²) < 4.78 is 24.6. The molecular formula is C15H18O5S. The minimum absolute atomic E-state index is 0.103. The maximum atomic E-state index is 12.3. The molecule has 0 radical (unpaired) electrons. The van der Waals surface area contributed by atoms with E-state index in [0.717, 1.165) is 13.8 Å². The molecule has 0 spiro atoms. The molecule has 114 valence electrons. The van der Waals surface area contributed by atoms with Gasteiger partial charge in [0.1, 0.15) is 0 Å². The van der Waals surface area contributed by atoms with Gasteiger partial charge in [-0.15, -0.1) is 0 Å². The van der Waals surface area contributed by atoms with Gasteiger partial charge in [0.05, 0.1) is 4.90 Å². The van der Waals surface area contributed by atoms with Crippen molar-refractivity contribution in [2.24, 2.45) is 5.92 Å². The maximum absolute atomic E-state index is 12.3. The fourth-order valence-electron chi connectivity index (χ4n) is 2.00. The quantitative estimate of drug-likeness (QED) is 0.591. The molecule has 1 aromatic rings. The van der Waals surface area contributed by atoms with Gasteiger partial charge in [-0.3, -0.25) is 14.4 Å². The van der Waals surface area contributed by atoms with Crippen LogP contribution in [0.4, 0.5) is 0 Å². The van der Waals surface area contributed by atoms with Crippen LogP contribution in [0.15, 0.2) is 29.2 Å². The Morgan fingerprint density at radius 3 is 1.67 bits per heavy atom. The normalized spacial score (nSPS) is 11.7. The van der Waals surface area contributed by atoms with Gasteiger partial charge < -0.3 is 0 Å². The molecule has 0 unspecified atom stereocenters. The summed E-state index contributed by atoms with van der Waals surface area (Å²) in [4.78, 5) is 34.5. The van der Waals surface area contributed by atoms with Gasteiger partial charge >= 0.3 is 0 Å². The van der Waals surface area contributed by atoms with E-state index in [4.69, 9.17) is 0 Å². The number of Topliss-reactive ketones (excluding diaryl/α,β-unsaturated/α-hetero) is 3. The molecule has 0 heterocycles. The Balaban J connectivity index is 3.25. The number of rotatable bonds is 6. The van der Waals surface area contributed by atoms with Crippen molar-refractivity contribution in [2.75, 3.05) is 0 Å². The van der Waals surface area contributed by atoms with Crippen molar-refractivity contribution in [3.05, 3.63) is 29.8 Å². The van der Waals surface area contributed by atoms with E-state index in [1.54, 1.807) is 13.8 Å². The lowest BCUT2D eigenvalue weighted by Gasteiger charge is -2.12. The molecule has 0 saturated heterocycles. The van der Waals surface area contributed by atoms with Crippen molar-refractivity contribution in [1.82, 2.24) is 0 Å². The zero-order chi connectivity index (χ0) is 16.4. The summed E-state index contributed by atoms with van der Waals surface area (Å²) in [6.07, 6.45) is 0. The van der Waals surface area contributed by atoms with E-state index < -0.39 is 26.7 Å². The van der Waals surface area contributed by atoms with Crippen LogP contribution >= 0.6 is 0 Å². The van der Waals surface area contributed by atoms with Gasteiger partial charge in [-0.25, -0.2) is 8.42 Å². The lowest BCUT2D eigenvalue weighted by atomic mass is 10.0. The largest absolute Gasteiger partial charge is 0.298 e. The third-order valence-electron chi connectivity index (χ3n) is 3.04. The van der Waals surface area contributed by atoms with Gasteiger partial charge in [0.25, 0.3) is 0 Å². The average molecular weight is 310 g/mol. The predicted octanol–water partition coefficient (Wildman–Crippen LogP) is 1.85. The molecule has 1 aromatic carbocycles. The minimum Gasteiger partial charge on any atom is -0.298 e. The minimum atomic E-state index is -4.07. The Hall–Kier alpha value is -1.82. The second-order valence-corrected chi connectivity index (χ2v) is 7.22. The van der Waals surface area contributed by atoms with E-state index in [-0.39, 0.29) is 16.6 Å². The highest BCUT2D eigenvalue weighted by molar-refractivity contribution is 7.93. The van der Waals surface area contributed by atoms with Gasteiger partial charge in [-0.05, 0) is 26.0 Å². The molecule has 21 heavy (non-hydrogen) atoms. The van der Waals surface area contributed by atoms with E-state index >= 15 is 0 Å². The van der Waals surface area contributed by atoms with Crippen LogP contribution < -0.4 is 0 Å². The lowest BCUT2D eigenvalue weighted by molar-refractivity contribution is -0.124. The molecule has 0 aliphatic carbocycles. The zero-order valence-electron chi connectivity index (χ0n) is 12.4. The summed E-state index contributed by atoms with van der Waals surface area (Å²) in [6, 6.07) is 5.30. The van der Waals surface area contributed by atoms with Crippen molar-refractivity contribution in [3.8, 4) is 0 Å². The van der Waals surface area contributed by atoms with E-state index in [9.17, 15) is 22.8 Å². The van der Waals surface area contributed by atoms with Gasteiger partial charge in [0.15, 0.2) is 32.4 Å². The fraction of sp³-hybridized carbons (Fsp3) is 0.400. The Bertz CT molecular complexity index is 655. The number of hydrogen-bond acceptors (Lipinski definition) is 5. The van der Waals surface area contributed by atoms with Crippen molar-refractivity contribution >= 4 is 27.2 Å². The summed E-state index contributed by atoms with van der Waals surface area (Å²) in [5.74, 6) is -1.74. The Morgan fingerprint density at radius 1 is 0.905 bits per heavy atom. The molecule has 1 rings (SSSR count). The van der Waals surface area contributed by atoms with Crippen LogP contribution in [0.2, 0.25) is 0 Å². The molecular weight excluding hydrogens is 292 g/mol. The van der Waals surface area contributed by atoms with Crippen LogP contribution in [0, 0.1) is 5.92 Å². The summed E-state index contributed by atoms with van der Waals surface area (Å²) >= 11 is 0. The molecule has 0 fully saturated rings. The highest BCUT2D eigenvalue weighted by atomic mass is 32.2. The average Bonchev–Trinajstić information content (AvgIpc) is 2.36. The third kappa shape index (κ3) is 3.64.